The lowest BCUT2D eigenvalue weighted by molar-refractivity contribution is -0.696. The molecule has 0 bridgehead atoms. The van der Waals surface area contributed by atoms with Gasteiger partial charge in [-0.05, 0) is 25.7 Å². The smallest absolute Gasteiger partial charge is 0.243 e. The van der Waals surface area contributed by atoms with Crippen LogP contribution in [0.1, 0.15) is 245 Å². The summed E-state index contributed by atoms with van der Waals surface area (Å²) in [7, 11) is 0. The van der Waals surface area contributed by atoms with Gasteiger partial charge in [0.2, 0.25) is 6.33 Å². The third kappa shape index (κ3) is 33.6. The Hall–Kier alpha value is -0.310. The van der Waals surface area contributed by atoms with Gasteiger partial charge in [-0.25, -0.2) is 9.13 Å². The van der Waals surface area contributed by atoms with Crippen molar-refractivity contribution in [1.82, 2.24) is 4.57 Å². The van der Waals surface area contributed by atoms with Crippen LogP contribution in [0.15, 0.2) is 18.7 Å². The van der Waals surface area contributed by atoms with E-state index in [-0.39, 0.29) is 17.0 Å². The zero-order chi connectivity index (χ0) is 32.1. The van der Waals surface area contributed by atoms with Gasteiger partial charge in [-0.2, -0.15) is 0 Å². The first-order valence-electron chi connectivity index (χ1n) is 21.4. The predicted octanol–water partition coefficient (Wildman–Crippen LogP) is 11.9. The van der Waals surface area contributed by atoms with Crippen molar-refractivity contribution in [2.24, 2.45) is 0 Å². The van der Waals surface area contributed by atoms with Crippen LogP contribution < -0.4 is 21.5 Å². The highest BCUT2D eigenvalue weighted by Gasteiger charge is 2.04. The molecule has 0 radical (unpaired) electrons. The Labute approximate surface area is 301 Å². The van der Waals surface area contributed by atoms with Gasteiger partial charge in [-0.1, -0.05) is 219 Å². The molecule has 1 rings (SSSR count). The minimum absolute atomic E-state index is 0. The van der Waals surface area contributed by atoms with E-state index in [2.05, 4.69) is 41.7 Å². The summed E-state index contributed by atoms with van der Waals surface area (Å²) in [5.41, 5.74) is 0. The van der Waals surface area contributed by atoms with E-state index in [1.165, 1.54) is 244 Å². The average molecular weight is 710 g/mol. The van der Waals surface area contributed by atoms with Gasteiger partial charge in [0, 0.05) is 0 Å². The molecule has 0 aromatic carbocycles. The van der Waals surface area contributed by atoms with Crippen LogP contribution in [0, 0.1) is 0 Å². The average Bonchev–Trinajstić information content (AvgIpc) is 3.51. The van der Waals surface area contributed by atoms with Crippen LogP contribution in [0.2, 0.25) is 0 Å². The van der Waals surface area contributed by atoms with Crippen molar-refractivity contribution in [2.45, 2.75) is 258 Å². The third-order valence-corrected chi connectivity index (χ3v) is 10.3. The molecule has 0 aliphatic rings. The highest BCUT2D eigenvalue weighted by Crippen LogP contribution is 2.16. The molecule has 3 heteroatoms. The first-order chi connectivity index (χ1) is 22.4. The summed E-state index contributed by atoms with van der Waals surface area (Å²) in [5.74, 6) is 0. The second-order valence-corrected chi connectivity index (χ2v) is 14.9. The zero-order valence-corrected chi connectivity index (χ0v) is 33.5. The molecule has 0 unspecified atom stereocenters. The number of unbranched alkanes of at least 4 members (excludes halogenated alkanes) is 34. The number of halogens is 1. The van der Waals surface area contributed by atoms with Crippen molar-refractivity contribution in [2.75, 3.05) is 0 Å². The molecular weight excluding hydrogens is 624 g/mol. The Morgan fingerprint density at radius 3 is 0.913 bits per heavy atom. The quantitative estimate of drug-likeness (QED) is 0.0477. The monoisotopic (exact) mass is 709 g/mol. The van der Waals surface area contributed by atoms with E-state index in [0.29, 0.717) is 0 Å². The van der Waals surface area contributed by atoms with E-state index in [1.807, 2.05) is 0 Å². The number of imidazole rings is 1. The standard InChI is InChI=1S/C43H85N2.BrH/c1-3-5-7-9-11-13-15-17-19-21-23-25-27-29-31-33-35-37-39-44-41-42-45(43-44)40-38-36-34-32-30-28-26-24-22-20-18-16-14-12-10-8-6-4-2;/h41-43H,3-40H2,1-2H3;1H/q+1;/p-1. The van der Waals surface area contributed by atoms with E-state index < -0.39 is 0 Å². The Balaban J connectivity index is 0.0000202. The minimum Gasteiger partial charge on any atom is -1.00 e. The van der Waals surface area contributed by atoms with Crippen LogP contribution in [0.3, 0.4) is 0 Å². The van der Waals surface area contributed by atoms with Crippen molar-refractivity contribution < 1.29 is 21.5 Å². The molecule has 1 aromatic rings. The van der Waals surface area contributed by atoms with Crippen LogP contribution in [0.5, 0.6) is 0 Å². The largest absolute Gasteiger partial charge is 1.00 e. The van der Waals surface area contributed by atoms with E-state index in [0.717, 1.165) is 0 Å². The van der Waals surface area contributed by atoms with Crippen molar-refractivity contribution in [1.29, 1.82) is 0 Å². The van der Waals surface area contributed by atoms with E-state index in [1.54, 1.807) is 0 Å². The molecule has 0 aliphatic heterocycles. The number of hydrogen-bond acceptors (Lipinski definition) is 0. The second kappa shape index (κ2) is 39.1. The Kier molecular flexibility index (Phi) is 38.9. The lowest BCUT2D eigenvalue weighted by Crippen LogP contribution is -3.00. The predicted molar refractivity (Wildman–Crippen MR) is 202 cm³/mol. The van der Waals surface area contributed by atoms with Crippen LogP contribution in [-0.2, 0) is 13.1 Å². The first-order valence-corrected chi connectivity index (χ1v) is 21.4. The summed E-state index contributed by atoms with van der Waals surface area (Å²) in [6, 6.07) is 0. The van der Waals surface area contributed by atoms with Gasteiger partial charge < -0.3 is 17.0 Å². The molecule has 2 nitrogen and oxygen atoms in total. The molecule has 0 N–H and O–H groups in total. The summed E-state index contributed by atoms with van der Waals surface area (Å²) in [5, 5.41) is 0. The van der Waals surface area contributed by atoms with Gasteiger partial charge in [0.15, 0.2) is 0 Å². The fraction of sp³-hybridized carbons (Fsp3) is 0.930. The molecule has 274 valence electrons. The van der Waals surface area contributed by atoms with E-state index in [9.17, 15) is 0 Å². The summed E-state index contributed by atoms with van der Waals surface area (Å²) in [4.78, 5) is 0. The summed E-state index contributed by atoms with van der Waals surface area (Å²) < 4.78 is 4.84. The fourth-order valence-electron chi connectivity index (χ4n) is 7.10. The summed E-state index contributed by atoms with van der Waals surface area (Å²) >= 11 is 0. The lowest BCUT2D eigenvalue weighted by Gasteiger charge is -2.04. The molecule has 0 fully saturated rings. The molecule has 0 amide bonds. The molecule has 0 saturated carbocycles. The van der Waals surface area contributed by atoms with Crippen LogP contribution in [-0.4, -0.2) is 4.57 Å². The molecule has 0 saturated heterocycles. The SMILES string of the molecule is CCCCCCCCCCCCCCCCCCCCn1cc[n+](CCCCCCCCCCCCCCCCCCCC)c1.[Br-]. The number of rotatable bonds is 38. The number of nitrogens with zero attached hydrogens (tertiary/aromatic N) is 2. The van der Waals surface area contributed by atoms with Crippen molar-refractivity contribution >= 4 is 0 Å². The van der Waals surface area contributed by atoms with Gasteiger partial charge >= 0.3 is 0 Å². The molecule has 0 atom stereocenters. The van der Waals surface area contributed by atoms with Crippen LogP contribution in [0.25, 0.3) is 0 Å². The molecule has 1 aromatic heterocycles. The highest BCUT2D eigenvalue weighted by molar-refractivity contribution is 4.66. The van der Waals surface area contributed by atoms with Gasteiger partial charge in [0.1, 0.15) is 12.4 Å². The normalized spacial score (nSPS) is 11.3. The lowest BCUT2D eigenvalue weighted by atomic mass is 10.0. The van der Waals surface area contributed by atoms with Gasteiger partial charge in [-0.15, -0.1) is 0 Å². The first kappa shape index (κ1) is 45.7. The molecule has 0 spiro atoms. The van der Waals surface area contributed by atoms with E-state index >= 15 is 0 Å². The maximum absolute atomic E-state index is 2.42. The molecule has 46 heavy (non-hydrogen) atoms. The van der Waals surface area contributed by atoms with Gasteiger partial charge in [0.05, 0.1) is 13.1 Å². The Morgan fingerprint density at radius 2 is 0.609 bits per heavy atom. The fourth-order valence-corrected chi connectivity index (χ4v) is 7.10. The highest BCUT2D eigenvalue weighted by atomic mass is 79.9. The molecular formula is C43H85BrN2. The number of hydrogen-bond donors (Lipinski definition) is 0. The molecule has 1 heterocycles. The van der Waals surface area contributed by atoms with Crippen molar-refractivity contribution in [3.63, 3.8) is 0 Å². The summed E-state index contributed by atoms with van der Waals surface area (Å²) in [6.07, 6.45) is 59.2. The number of aryl methyl sites for hydroxylation is 2. The number of aromatic nitrogens is 2. The Morgan fingerprint density at radius 1 is 0.348 bits per heavy atom. The maximum atomic E-state index is 2.42. The zero-order valence-electron chi connectivity index (χ0n) is 31.9. The van der Waals surface area contributed by atoms with E-state index in [4.69, 9.17) is 0 Å². The van der Waals surface area contributed by atoms with Gasteiger partial charge in [-0.3, -0.25) is 0 Å². The Bertz CT molecular complexity index is 617. The topological polar surface area (TPSA) is 8.81 Å². The minimum atomic E-state index is 0. The van der Waals surface area contributed by atoms with Crippen LogP contribution in [0.4, 0.5) is 0 Å². The van der Waals surface area contributed by atoms with Crippen molar-refractivity contribution in [3.8, 4) is 0 Å². The maximum Gasteiger partial charge on any atom is 0.243 e. The van der Waals surface area contributed by atoms with Gasteiger partial charge in [0.25, 0.3) is 0 Å². The van der Waals surface area contributed by atoms with Crippen molar-refractivity contribution in [3.05, 3.63) is 18.7 Å². The summed E-state index contributed by atoms with van der Waals surface area (Å²) in [6.45, 7) is 7.01. The molecule has 0 aliphatic carbocycles. The van der Waals surface area contributed by atoms with Crippen LogP contribution >= 0.6 is 0 Å². The second-order valence-electron chi connectivity index (χ2n) is 14.9. The third-order valence-electron chi connectivity index (χ3n) is 10.3.